The third-order valence-corrected chi connectivity index (χ3v) is 4.92. The number of hydrogen-bond donors (Lipinski definition) is 1. The van der Waals surface area contributed by atoms with E-state index in [-0.39, 0.29) is 5.91 Å². The van der Waals surface area contributed by atoms with Crippen molar-refractivity contribution in [3.05, 3.63) is 70.3 Å². The van der Waals surface area contributed by atoms with Crippen LogP contribution in [0.5, 0.6) is 0 Å². The summed E-state index contributed by atoms with van der Waals surface area (Å²) in [6.07, 6.45) is 4.33. The Balaban J connectivity index is 1.82. The van der Waals surface area contributed by atoms with Crippen LogP contribution in [0.15, 0.2) is 42.5 Å². The molecule has 1 aliphatic heterocycles. The first-order valence-corrected chi connectivity index (χ1v) is 8.57. The van der Waals surface area contributed by atoms with Gasteiger partial charge in [0.2, 0.25) is 5.91 Å². The van der Waals surface area contributed by atoms with Crippen molar-refractivity contribution < 1.29 is 14.3 Å². The molecule has 2 aromatic rings. The summed E-state index contributed by atoms with van der Waals surface area (Å²) < 4.78 is 4.65. The number of benzene rings is 2. The molecule has 0 saturated carbocycles. The quantitative estimate of drug-likeness (QED) is 0.661. The molecule has 0 fully saturated rings. The number of carbonyl (C=O) groups excluding carboxylic acids is 2. The van der Waals surface area contributed by atoms with E-state index in [0.29, 0.717) is 6.42 Å². The SMILES string of the molecule is COC(=O)/C=C/c1ccc2c(c1)C1=C(CC(=O)N2)c2cc(C)ccc2C1. The van der Waals surface area contributed by atoms with Gasteiger partial charge in [-0.15, -0.1) is 0 Å². The number of nitrogens with one attached hydrogen (secondary N) is 1. The van der Waals surface area contributed by atoms with Gasteiger partial charge in [-0.1, -0.05) is 29.8 Å². The third-order valence-electron chi connectivity index (χ3n) is 4.92. The topological polar surface area (TPSA) is 55.4 Å². The van der Waals surface area contributed by atoms with E-state index in [0.717, 1.165) is 28.8 Å². The molecule has 0 aromatic heterocycles. The van der Waals surface area contributed by atoms with Gasteiger partial charge in [0.25, 0.3) is 0 Å². The lowest BCUT2D eigenvalue weighted by molar-refractivity contribution is -0.134. The summed E-state index contributed by atoms with van der Waals surface area (Å²) in [6.45, 7) is 2.07. The van der Waals surface area contributed by atoms with E-state index < -0.39 is 5.97 Å². The zero-order valence-corrected chi connectivity index (χ0v) is 14.8. The second kappa shape index (κ2) is 6.30. The van der Waals surface area contributed by atoms with Crippen LogP contribution in [0, 0.1) is 6.92 Å². The average molecular weight is 345 g/mol. The van der Waals surface area contributed by atoms with E-state index >= 15 is 0 Å². The molecule has 2 aromatic carbocycles. The summed E-state index contributed by atoms with van der Waals surface area (Å²) in [4.78, 5) is 23.8. The fourth-order valence-electron chi connectivity index (χ4n) is 3.66. The van der Waals surface area contributed by atoms with Crippen LogP contribution in [0.25, 0.3) is 17.2 Å². The molecule has 2 aliphatic rings. The van der Waals surface area contributed by atoms with Gasteiger partial charge in [0.05, 0.1) is 13.5 Å². The summed E-state index contributed by atoms with van der Waals surface area (Å²) >= 11 is 0. The molecule has 1 N–H and O–H groups in total. The van der Waals surface area contributed by atoms with Crippen LogP contribution in [0.1, 0.15) is 34.2 Å². The highest BCUT2D eigenvalue weighted by atomic mass is 16.5. The Hall–Kier alpha value is -3.14. The molecule has 0 radical (unpaired) electrons. The molecule has 0 saturated heterocycles. The van der Waals surface area contributed by atoms with Crippen LogP contribution in [0.2, 0.25) is 0 Å². The van der Waals surface area contributed by atoms with Gasteiger partial charge in [-0.3, -0.25) is 4.79 Å². The Morgan fingerprint density at radius 3 is 2.69 bits per heavy atom. The number of methoxy groups -OCH3 is 1. The Bertz CT molecular complexity index is 998. The maximum Gasteiger partial charge on any atom is 0.330 e. The Labute approximate surface area is 152 Å². The summed E-state index contributed by atoms with van der Waals surface area (Å²) in [7, 11) is 1.36. The fourth-order valence-corrected chi connectivity index (χ4v) is 3.66. The molecular formula is C22H19NO3. The van der Waals surface area contributed by atoms with Gasteiger partial charge in [0, 0.05) is 17.3 Å². The predicted molar refractivity (Wildman–Crippen MR) is 102 cm³/mol. The molecule has 4 heteroatoms. The van der Waals surface area contributed by atoms with Crippen LogP contribution in [0.4, 0.5) is 5.69 Å². The lowest BCUT2D eigenvalue weighted by atomic mass is 9.96. The first-order chi connectivity index (χ1) is 12.5. The van der Waals surface area contributed by atoms with Gasteiger partial charge in [0.15, 0.2) is 0 Å². The highest BCUT2D eigenvalue weighted by Crippen LogP contribution is 2.44. The maximum atomic E-state index is 12.4. The summed E-state index contributed by atoms with van der Waals surface area (Å²) in [6, 6.07) is 12.2. The molecule has 0 spiro atoms. The Morgan fingerprint density at radius 1 is 1.08 bits per heavy atom. The molecule has 1 aliphatic carbocycles. The van der Waals surface area contributed by atoms with E-state index in [1.165, 1.54) is 35.4 Å². The number of ether oxygens (including phenoxy) is 1. The standard InChI is InChI=1S/C22H19NO3/c1-13-3-6-15-11-17-18(16(15)9-13)12-21(24)23-20-7-4-14(10-19(17)20)5-8-22(25)26-2/h3-10H,11-12H2,1-2H3,(H,23,24)/b8-5+. The van der Waals surface area contributed by atoms with Gasteiger partial charge in [0.1, 0.15) is 0 Å². The smallest absolute Gasteiger partial charge is 0.330 e. The van der Waals surface area contributed by atoms with Crippen LogP contribution in [-0.2, 0) is 20.7 Å². The van der Waals surface area contributed by atoms with Crippen molar-refractivity contribution in [3.8, 4) is 0 Å². The first kappa shape index (κ1) is 16.3. The molecular weight excluding hydrogens is 326 g/mol. The predicted octanol–water partition coefficient (Wildman–Crippen LogP) is 3.99. The number of amides is 1. The van der Waals surface area contributed by atoms with Crippen molar-refractivity contribution in [3.63, 3.8) is 0 Å². The highest BCUT2D eigenvalue weighted by Gasteiger charge is 2.28. The van der Waals surface area contributed by atoms with E-state index in [1.807, 2.05) is 18.2 Å². The Morgan fingerprint density at radius 2 is 1.88 bits per heavy atom. The van der Waals surface area contributed by atoms with Gasteiger partial charge >= 0.3 is 5.97 Å². The molecule has 130 valence electrons. The second-order valence-electron chi connectivity index (χ2n) is 6.68. The number of hydrogen-bond acceptors (Lipinski definition) is 3. The highest BCUT2D eigenvalue weighted by molar-refractivity contribution is 6.12. The molecule has 1 amide bonds. The van der Waals surface area contributed by atoms with Crippen molar-refractivity contribution in [2.45, 2.75) is 19.8 Å². The normalized spacial score (nSPS) is 15.2. The lowest BCUT2D eigenvalue weighted by Crippen LogP contribution is -2.11. The van der Waals surface area contributed by atoms with Crippen LogP contribution >= 0.6 is 0 Å². The zero-order chi connectivity index (χ0) is 18.3. The monoisotopic (exact) mass is 345 g/mol. The molecule has 4 rings (SSSR count). The minimum Gasteiger partial charge on any atom is -0.466 e. The molecule has 0 bridgehead atoms. The molecule has 1 heterocycles. The number of carbonyl (C=O) groups is 2. The second-order valence-corrected chi connectivity index (χ2v) is 6.68. The number of esters is 1. The molecule has 26 heavy (non-hydrogen) atoms. The van der Waals surface area contributed by atoms with E-state index in [1.54, 1.807) is 6.08 Å². The minimum atomic E-state index is -0.392. The van der Waals surface area contributed by atoms with E-state index in [4.69, 9.17) is 0 Å². The summed E-state index contributed by atoms with van der Waals surface area (Å²) in [5, 5.41) is 3.00. The van der Waals surface area contributed by atoms with Gasteiger partial charge < -0.3 is 10.1 Å². The largest absolute Gasteiger partial charge is 0.466 e. The summed E-state index contributed by atoms with van der Waals surface area (Å²) in [5.41, 5.74) is 8.66. The average Bonchev–Trinajstić information content (AvgIpc) is 2.90. The zero-order valence-electron chi connectivity index (χ0n) is 14.8. The van der Waals surface area contributed by atoms with Gasteiger partial charge in [-0.25, -0.2) is 4.79 Å². The van der Waals surface area contributed by atoms with Gasteiger partial charge in [-0.2, -0.15) is 0 Å². The number of anilines is 1. The van der Waals surface area contributed by atoms with Gasteiger partial charge in [-0.05, 0) is 59.4 Å². The molecule has 0 unspecified atom stereocenters. The number of allylic oxidation sites excluding steroid dienone is 1. The van der Waals surface area contributed by atoms with Crippen molar-refractivity contribution in [2.24, 2.45) is 0 Å². The molecule has 0 atom stereocenters. The maximum absolute atomic E-state index is 12.4. The van der Waals surface area contributed by atoms with Crippen molar-refractivity contribution in [1.29, 1.82) is 0 Å². The summed E-state index contributed by atoms with van der Waals surface area (Å²) in [5.74, 6) is -0.389. The number of fused-ring (bicyclic) bond motifs is 4. The lowest BCUT2D eigenvalue weighted by Gasteiger charge is -2.11. The first-order valence-electron chi connectivity index (χ1n) is 8.57. The van der Waals surface area contributed by atoms with Crippen LogP contribution in [-0.4, -0.2) is 19.0 Å². The number of rotatable bonds is 2. The van der Waals surface area contributed by atoms with Crippen molar-refractivity contribution in [1.82, 2.24) is 0 Å². The van der Waals surface area contributed by atoms with Crippen molar-refractivity contribution in [2.75, 3.05) is 12.4 Å². The minimum absolute atomic E-state index is 0.00320. The van der Waals surface area contributed by atoms with E-state index in [9.17, 15) is 9.59 Å². The van der Waals surface area contributed by atoms with Crippen LogP contribution < -0.4 is 5.32 Å². The molecule has 4 nitrogen and oxygen atoms in total. The number of aryl methyl sites for hydroxylation is 1. The Kier molecular flexibility index (Phi) is 3.96. The van der Waals surface area contributed by atoms with E-state index in [2.05, 4.69) is 35.2 Å². The van der Waals surface area contributed by atoms with Crippen molar-refractivity contribution >= 4 is 34.8 Å². The third kappa shape index (κ3) is 2.84. The van der Waals surface area contributed by atoms with Crippen LogP contribution in [0.3, 0.4) is 0 Å². The fraction of sp³-hybridized carbons (Fsp3) is 0.182.